The van der Waals surface area contributed by atoms with E-state index >= 15 is 0 Å². The number of ether oxygens (including phenoxy) is 2. The van der Waals surface area contributed by atoms with E-state index in [4.69, 9.17) is 9.47 Å². The molecule has 56 heavy (non-hydrogen) atoms. The number of pyridine rings is 1. The van der Waals surface area contributed by atoms with Crippen molar-refractivity contribution in [2.24, 2.45) is 0 Å². The van der Waals surface area contributed by atoms with Gasteiger partial charge in [-0.2, -0.15) is 0 Å². The maximum Gasteiger partial charge on any atom is 0.349 e. The maximum absolute atomic E-state index is 13.5. The Hall–Kier alpha value is -4.48. The number of benzene rings is 2. The number of nitrogens with zero attached hydrogens (tertiary/aromatic N) is 4. The van der Waals surface area contributed by atoms with E-state index in [1.165, 1.54) is 34.8 Å². The molecule has 0 unspecified atom stereocenters. The second-order valence-electron chi connectivity index (χ2n) is 14.9. The van der Waals surface area contributed by atoms with Crippen LogP contribution >= 0.6 is 22.7 Å². The molecule has 0 spiro atoms. The number of aromatic nitrogens is 4. The number of carbonyl (C=O) groups excluding carboxylic acids is 1. The summed E-state index contributed by atoms with van der Waals surface area (Å²) in [5.74, 6) is -0.645. The Morgan fingerprint density at radius 1 is 1.12 bits per heavy atom. The van der Waals surface area contributed by atoms with Gasteiger partial charge in [0.2, 0.25) is 11.2 Å². The molecule has 4 aromatic heterocycles. The summed E-state index contributed by atoms with van der Waals surface area (Å²) < 4.78 is 13.9. The van der Waals surface area contributed by atoms with Crippen LogP contribution in [-0.2, 0) is 46.2 Å². The standard InChI is InChI=1S/C41H46N6O7S2/c1-24-6-14-36(56-24)41(52,35-5-3-18-55-35)40(51)54-27-9-7-26(8-10-27)46(2)16-4-17-47-39-31-23-53-22-30(31)25(19-32(39)44-45-47)20-42-21-34(49)28-11-13-33(48)38-29(28)12-15-37(50)43-38/h3,5-6,11-15,18-19,26-27,34,42,48-49,52H,4,7-10,16-17,20-23H2,1-2H3,(H,43,50)/t26-,27-,34-,41+/m0/s1. The number of hydrogen-bond acceptors (Lipinski definition) is 13. The number of phenols is 1. The lowest BCUT2D eigenvalue weighted by atomic mass is 9.91. The molecule has 2 aromatic carbocycles. The lowest BCUT2D eigenvalue weighted by molar-refractivity contribution is -0.169. The molecule has 294 valence electrons. The van der Waals surface area contributed by atoms with E-state index in [1.807, 2.05) is 41.3 Å². The lowest BCUT2D eigenvalue weighted by Gasteiger charge is -2.35. The molecule has 0 radical (unpaired) electrons. The van der Waals surface area contributed by atoms with Crippen molar-refractivity contribution in [1.29, 1.82) is 0 Å². The number of esters is 1. The number of aliphatic hydroxyl groups is 2. The van der Waals surface area contributed by atoms with Gasteiger partial charge in [0.15, 0.2) is 0 Å². The molecule has 15 heteroatoms. The second kappa shape index (κ2) is 16.2. The van der Waals surface area contributed by atoms with Crippen LogP contribution in [0.1, 0.15) is 75.1 Å². The number of rotatable bonds is 14. The van der Waals surface area contributed by atoms with Crippen LogP contribution in [0.4, 0.5) is 0 Å². The number of phenolic OH excluding ortho intramolecular Hbond substituents is 1. The number of hydrogen-bond donors (Lipinski definition) is 5. The third-order valence-electron chi connectivity index (χ3n) is 11.2. The van der Waals surface area contributed by atoms with E-state index in [2.05, 4.69) is 32.6 Å². The lowest BCUT2D eigenvalue weighted by Crippen LogP contribution is -2.42. The van der Waals surface area contributed by atoms with E-state index in [-0.39, 0.29) is 24.0 Å². The monoisotopic (exact) mass is 798 g/mol. The molecule has 5 N–H and O–H groups in total. The van der Waals surface area contributed by atoms with Crippen LogP contribution in [0.2, 0.25) is 0 Å². The van der Waals surface area contributed by atoms with Crippen molar-refractivity contribution in [2.45, 2.75) is 89.2 Å². The third-order valence-corrected chi connectivity index (χ3v) is 13.3. The molecule has 0 amide bonds. The molecule has 1 aliphatic carbocycles. The fraction of sp³-hybridized carbons (Fsp3) is 0.415. The number of aromatic amines is 1. The first-order valence-corrected chi connectivity index (χ1v) is 20.7. The van der Waals surface area contributed by atoms with Gasteiger partial charge in [-0.1, -0.05) is 17.3 Å². The van der Waals surface area contributed by atoms with Crippen molar-refractivity contribution >= 4 is 50.6 Å². The smallest absolute Gasteiger partial charge is 0.349 e. The first-order valence-electron chi connectivity index (χ1n) is 19.0. The molecule has 13 nitrogen and oxygen atoms in total. The topological polar surface area (TPSA) is 175 Å². The Morgan fingerprint density at radius 2 is 1.95 bits per heavy atom. The van der Waals surface area contributed by atoms with Crippen molar-refractivity contribution in [3.63, 3.8) is 0 Å². The number of aryl methyl sites for hydroxylation is 2. The zero-order valence-electron chi connectivity index (χ0n) is 31.4. The molecule has 1 fully saturated rings. The molecule has 1 aliphatic heterocycles. The van der Waals surface area contributed by atoms with Crippen LogP contribution in [0, 0.1) is 6.92 Å². The van der Waals surface area contributed by atoms with Gasteiger partial charge in [-0.25, -0.2) is 9.48 Å². The van der Waals surface area contributed by atoms with Crippen molar-refractivity contribution < 1.29 is 29.6 Å². The SMILES string of the molecule is Cc1ccc([C@@](O)(C(=O)O[C@H]2CC[C@H](N(C)CCCn3nnc4cc(CNC[C@H](O)c5ccc(O)c6[nH]c(=O)ccc56)c5c(c43)COC5)CC2)c2cccs2)s1. The summed E-state index contributed by atoms with van der Waals surface area (Å²) in [6.07, 6.45) is 3.08. The van der Waals surface area contributed by atoms with Crippen LogP contribution in [0.15, 0.2) is 64.8 Å². The molecule has 5 heterocycles. The maximum atomic E-state index is 13.5. The van der Waals surface area contributed by atoms with Crippen LogP contribution in [0.3, 0.4) is 0 Å². The summed E-state index contributed by atoms with van der Waals surface area (Å²) in [6.45, 7) is 5.28. The molecule has 6 aromatic rings. The van der Waals surface area contributed by atoms with Crippen molar-refractivity contribution in [3.8, 4) is 5.75 Å². The Labute approximate surface area is 331 Å². The summed E-state index contributed by atoms with van der Waals surface area (Å²) >= 11 is 2.77. The average molecular weight is 799 g/mol. The second-order valence-corrected chi connectivity index (χ2v) is 17.1. The van der Waals surface area contributed by atoms with Gasteiger partial charge in [0.25, 0.3) is 0 Å². The highest BCUT2D eigenvalue weighted by Gasteiger charge is 2.45. The van der Waals surface area contributed by atoms with Crippen molar-refractivity contribution in [3.05, 3.63) is 107 Å². The summed E-state index contributed by atoms with van der Waals surface area (Å²) in [6, 6.07) is 15.9. The van der Waals surface area contributed by atoms with Crippen LogP contribution in [0.25, 0.3) is 21.9 Å². The minimum atomic E-state index is -1.79. The van der Waals surface area contributed by atoms with Gasteiger partial charge in [-0.15, -0.1) is 27.8 Å². The van der Waals surface area contributed by atoms with Gasteiger partial charge in [-0.05, 0) is 111 Å². The zero-order valence-corrected chi connectivity index (χ0v) is 33.0. The molecule has 0 saturated heterocycles. The zero-order chi connectivity index (χ0) is 39.0. The van der Waals surface area contributed by atoms with Crippen LogP contribution < -0.4 is 10.9 Å². The Kier molecular flexibility index (Phi) is 11.1. The van der Waals surface area contributed by atoms with Crippen LogP contribution in [0.5, 0.6) is 5.75 Å². The average Bonchev–Trinajstić information content (AvgIpc) is 4.03. The largest absolute Gasteiger partial charge is 0.506 e. The van der Waals surface area contributed by atoms with Gasteiger partial charge >= 0.3 is 5.97 Å². The number of fused-ring (bicyclic) bond motifs is 4. The molecule has 2 atom stereocenters. The predicted octanol–water partition coefficient (Wildman–Crippen LogP) is 5.38. The number of aromatic hydroxyl groups is 1. The highest BCUT2D eigenvalue weighted by atomic mass is 32.1. The number of nitrogens with one attached hydrogen (secondary N) is 2. The Bertz CT molecular complexity index is 2400. The highest BCUT2D eigenvalue weighted by molar-refractivity contribution is 7.13. The minimum absolute atomic E-state index is 0.0455. The number of H-pyrrole nitrogens is 1. The molecular formula is C41H46N6O7S2. The predicted molar refractivity (Wildman–Crippen MR) is 215 cm³/mol. The minimum Gasteiger partial charge on any atom is -0.506 e. The number of carbonyl (C=O) groups is 1. The summed E-state index contributed by atoms with van der Waals surface area (Å²) in [5.41, 5.74) is 3.85. The molecule has 2 aliphatic rings. The normalized spacial score (nSPS) is 18.7. The molecule has 0 bridgehead atoms. The molecular weight excluding hydrogens is 753 g/mol. The fourth-order valence-corrected chi connectivity index (χ4v) is 10.0. The van der Waals surface area contributed by atoms with E-state index in [1.54, 1.807) is 18.2 Å². The fourth-order valence-electron chi connectivity index (χ4n) is 8.16. The summed E-state index contributed by atoms with van der Waals surface area (Å²) in [4.78, 5) is 32.6. The van der Waals surface area contributed by atoms with Crippen molar-refractivity contribution in [2.75, 3.05) is 20.1 Å². The number of thiophene rings is 2. The van der Waals surface area contributed by atoms with Gasteiger partial charge in [-0.3, -0.25) is 4.79 Å². The Morgan fingerprint density at radius 3 is 2.71 bits per heavy atom. The van der Waals surface area contributed by atoms with Crippen LogP contribution in [-0.4, -0.2) is 78.4 Å². The molecule has 8 rings (SSSR count). The van der Waals surface area contributed by atoms with Gasteiger partial charge in [0, 0.05) is 47.6 Å². The van der Waals surface area contributed by atoms with E-state index in [0.29, 0.717) is 58.6 Å². The van der Waals surface area contributed by atoms with Crippen molar-refractivity contribution in [1.82, 2.24) is 30.2 Å². The quantitative estimate of drug-likeness (QED) is 0.0896. The number of aliphatic hydroxyl groups excluding tert-OH is 1. The van der Waals surface area contributed by atoms with Gasteiger partial charge in [0.05, 0.1) is 40.1 Å². The Balaban J connectivity index is 0.843. The van der Waals surface area contributed by atoms with E-state index in [9.17, 15) is 24.9 Å². The van der Waals surface area contributed by atoms with Gasteiger partial charge < -0.3 is 40.0 Å². The molecule has 1 saturated carbocycles. The summed E-state index contributed by atoms with van der Waals surface area (Å²) in [7, 11) is 2.15. The third kappa shape index (κ3) is 7.52. The van der Waals surface area contributed by atoms with Gasteiger partial charge in [0.1, 0.15) is 17.4 Å². The summed E-state index contributed by atoms with van der Waals surface area (Å²) in [5, 5.41) is 47.9. The van der Waals surface area contributed by atoms with E-state index < -0.39 is 17.7 Å². The first-order chi connectivity index (χ1) is 27.1. The van der Waals surface area contributed by atoms with E-state index in [0.717, 1.165) is 71.2 Å². The first kappa shape index (κ1) is 38.4. The highest BCUT2D eigenvalue weighted by Crippen LogP contribution is 2.39.